The maximum Gasteiger partial charge on any atom is 0.332 e. The summed E-state index contributed by atoms with van der Waals surface area (Å²) in [6.07, 6.45) is 5.22. The number of hydrogen-bond acceptors (Lipinski definition) is 7. The molecule has 2 N–H and O–H groups in total. The van der Waals surface area contributed by atoms with E-state index in [0.29, 0.717) is 29.4 Å². The average Bonchev–Trinajstić information content (AvgIpc) is 3.24. The van der Waals surface area contributed by atoms with Crippen molar-refractivity contribution in [3.05, 3.63) is 57.1 Å². The molecular weight excluding hydrogens is 432 g/mol. The van der Waals surface area contributed by atoms with Gasteiger partial charge in [0.2, 0.25) is 5.95 Å². The number of aromatic nitrogens is 6. The molecule has 1 unspecified atom stereocenters. The molecule has 1 atom stereocenters. The highest BCUT2D eigenvalue weighted by Crippen LogP contribution is 2.23. The van der Waals surface area contributed by atoms with Crippen LogP contribution in [0.5, 0.6) is 0 Å². The van der Waals surface area contributed by atoms with Gasteiger partial charge in [0, 0.05) is 44.0 Å². The van der Waals surface area contributed by atoms with Gasteiger partial charge in [0.1, 0.15) is 0 Å². The third-order valence-electron chi connectivity index (χ3n) is 6.29. The Morgan fingerprint density at radius 1 is 1.18 bits per heavy atom. The van der Waals surface area contributed by atoms with E-state index < -0.39 is 11.2 Å². The first-order valence-electron chi connectivity index (χ1n) is 11.3. The van der Waals surface area contributed by atoms with E-state index in [2.05, 4.69) is 26.7 Å². The van der Waals surface area contributed by atoms with Crippen molar-refractivity contribution in [3.63, 3.8) is 0 Å². The first-order chi connectivity index (χ1) is 16.5. The number of aryl methyl sites for hydroxylation is 1. The minimum Gasteiger partial charge on any atom is -0.341 e. The van der Waals surface area contributed by atoms with Gasteiger partial charge in [-0.25, -0.2) is 4.79 Å². The molecule has 0 radical (unpaired) electrons. The maximum absolute atomic E-state index is 13.7. The number of piperidine rings is 1. The second-order valence-corrected chi connectivity index (χ2v) is 8.51. The molecule has 0 bridgehead atoms. The molecule has 0 saturated carbocycles. The minimum absolute atomic E-state index is 0.0268. The normalized spacial score (nSPS) is 16.1. The minimum atomic E-state index is -0.451. The van der Waals surface area contributed by atoms with Crippen molar-refractivity contribution in [2.45, 2.75) is 38.9 Å². The Morgan fingerprint density at radius 3 is 2.82 bits per heavy atom. The third-order valence-corrected chi connectivity index (χ3v) is 6.29. The molecule has 1 fully saturated rings. The van der Waals surface area contributed by atoms with Crippen molar-refractivity contribution >= 4 is 28.0 Å². The van der Waals surface area contributed by atoms with E-state index in [9.17, 15) is 9.59 Å². The summed E-state index contributed by atoms with van der Waals surface area (Å²) in [5, 5.41) is 0.799. The monoisotopic (exact) mass is 458 g/mol. The summed E-state index contributed by atoms with van der Waals surface area (Å²) in [7, 11) is 1.63. The van der Waals surface area contributed by atoms with E-state index in [0.717, 1.165) is 30.3 Å². The van der Waals surface area contributed by atoms with Gasteiger partial charge in [0.15, 0.2) is 11.2 Å². The summed E-state index contributed by atoms with van der Waals surface area (Å²) in [6, 6.07) is 5.53. The van der Waals surface area contributed by atoms with Crippen molar-refractivity contribution in [1.29, 1.82) is 0 Å². The van der Waals surface area contributed by atoms with Gasteiger partial charge >= 0.3 is 5.69 Å². The number of anilines is 1. The van der Waals surface area contributed by atoms with Crippen LogP contribution in [-0.4, -0.2) is 47.8 Å². The molecule has 4 aromatic heterocycles. The highest BCUT2D eigenvalue weighted by molar-refractivity contribution is 5.80. The number of rotatable bonds is 4. The lowest BCUT2D eigenvalue weighted by Crippen LogP contribution is -2.44. The number of pyridine rings is 2. The van der Waals surface area contributed by atoms with Gasteiger partial charge < -0.3 is 10.6 Å². The fraction of sp³-hybridized carbons (Fsp3) is 0.375. The molecule has 0 amide bonds. The van der Waals surface area contributed by atoms with E-state index in [1.165, 1.54) is 9.13 Å². The van der Waals surface area contributed by atoms with Crippen molar-refractivity contribution in [1.82, 2.24) is 28.7 Å². The van der Waals surface area contributed by atoms with Crippen LogP contribution in [0.25, 0.3) is 22.1 Å². The van der Waals surface area contributed by atoms with Gasteiger partial charge in [-0.2, -0.15) is 4.98 Å². The Labute approximate surface area is 195 Å². The van der Waals surface area contributed by atoms with Crippen LogP contribution in [0.3, 0.4) is 0 Å². The fourth-order valence-electron chi connectivity index (χ4n) is 4.58. The van der Waals surface area contributed by atoms with Gasteiger partial charge in [-0.15, -0.1) is 5.92 Å². The zero-order valence-electron chi connectivity index (χ0n) is 19.2. The van der Waals surface area contributed by atoms with Crippen LogP contribution in [-0.2, 0) is 20.1 Å². The maximum atomic E-state index is 13.7. The lowest BCUT2D eigenvalue weighted by Gasteiger charge is -2.31. The van der Waals surface area contributed by atoms with E-state index in [4.69, 9.17) is 10.7 Å². The number of imidazole rings is 1. The van der Waals surface area contributed by atoms with Crippen molar-refractivity contribution in [2.75, 3.05) is 18.0 Å². The Morgan fingerprint density at radius 2 is 2.03 bits per heavy atom. The molecule has 0 spiro atoms. The fourth-order valence-corrected chi connectivity index (χ4v) is 4.58. The predicted molar refractivity (Wildman–Crippen MR) is 131 cm³/mol. The molecule has 10 nitrogen and oxygen atoms in total. The number of hydrogen-bond donors (Lipinski definition) is 1. The van der Waals surface area contributed by atoms with Crippen LogP contribution in [0.4, 0.5) is 5.95 Å². The van der Waals surface area contributed by atoms with E-state index >= 15 is 0 Å². The second-order valence-electron chi connectivity index (χ2n) is 8.51. The Kier molecular flexibility index (Phi) is 5.63. The number of nitrogens with zero attached hydrogens (tertiary/aromatic N) is 7. The Balaban J connectivity index is 1.72. The van der Waals surface area contributed by atoms with Crippen LogP contribution < -0.4 is 21.9 Å². The van der Waals surface area contributed by atoms with Gasteiger partial charge in [-0.1, -0.05) is 5.92 Å². The molecule has 1 aliphatic heterocycles. The van der Waals surface area contributed by atoms with Crippen molar-refractivity contribution in [2.24, 2.45) is 12.8 Å². The van der Waals surface area contributed by atoms with E-state index in [1.54, 1.807) is 37.0 Å². The zero-order chi connectivity index (χ0) is 23.8. The topological polar surface area (TPSA) is 117 Å². The second kappa shape index (κ2) is 8.76. The molecular formula is C24H26N8O2. The molecule has 34 heavy (non-hydrogen) atoms. The van der Waals surface area contributed by atoms with Crippen molar-refractivity contribution < 1.29 is 0 Å². The molecule has 174 valence electrons. The van der Waals surface area contributed by atoms with Crippen LogP contribution in [0.1, 0.15) is 25.5 Å². The summed E-state index contributed by atoms with van der Waals surface area (Å²) < 4.78 is 4.43. The highest BCUT2D eigenvalue weighted by atomic mass is 16.2. The summed E-state index contributed by atoms with van der Waals surface area (Å²) in [6.45, 7) is 3.49. The lowest BCUT2D eigenvalue weighted by molar-refractivity contribution is 0.496. The van der Waals surface area contributed by atoms with Crippen LogP contribution >= 0.6 is 0 Å². The SMILES string of the molecule is CC#CCn1c(N2CCCC(N)C2)nc2c1c(=O)n(Cc1nccc3ncccc13)c(=O)n2C. The highest BCUT2D eigenvalue weighted by Gasteiger charge is 2.26. The van der Waals surface area contributed by atoms with Crippen molar-refractivity contribution in [3.8, 4) is 11.8 Å². The largest absolute Gasteiger partial charge is 0.341 e. The average molecular weight is 459 g/mol. The molecule has 0 aromatic carbocycles. The van der Waals surface area contributed by atoms with Crippen LogP contribution in [0.15, 0.2) is 40.2 Å². The number of fused-ring (bicyclic) bond motifs is 2. The van der Waals surface area contributed by atoms with Gasteiger partial charge in [0.25, 0.3) is 5.56 Å². The predicted octanol–water partition coefficient (Wildman–Crippen LogP) is 0.839. The first-order valence-corrected chi connectivity index (χ1v) is 11.3. The quantitative estimate of drug-likeness (QED) is 0.450. The molecule has 1 saturated heterocycles. The third kappa shape index (κ3) is 3.64. The smallest absolute Gasteiger partial charge is 0.332 e. The zero-order valence-corrected chi connectivity index (χ0v) is 19.2. The summed E-state index contributed by atoms with van der Waals surface area (Å²) in [5.74, 6) is 6.56. The molecule has 5 heterocycles. The Bertz CT molecular complexity index is 1560. The summed E-state index contributed by atoms with van der Waals surface area (Å²) in [4.78, 5) is 42.6. The number of nitrogens with two attached hydrogens (primary N) is 1. The van der Waals surface area contributed by atoms with Gasteiger partial charge in [-0.05, 0) is 38.0 Å². The lowest BCUT2D eigenvalue weighted by atomic mass is 10.1. The molecule has 4 aromatic rings. The molecule has 0 aliphatic carbocycles. The van der Waals surface area contributed by atoms with Crippen LogP contribution in [0.2, 0.25) is 0 Å². The van der Waals surface area contributed by atoms with Gasteiger partial charge in [0.05, 0.1) is 24.3 Å². The Hall–Kier alpha value is -3.97. The summed E-state index contributed by atoms with van der Waals surface area (Å²) >= 11 is 0. The molecule has 1 aliphatic rings. The van der Waals surface area contributed by atoms with E-state index in [-0.39, 0.29) is 19.1 Å². The first kappa shape index (κ1) is 21.9. The van der Waals surface area contributed by atoms with Gasteiger partial charge in [-0.3, -0.25) is 28.5 Å². The van der Waals surface area contributed by atoms with Crippen LogP contribution in [0, 0.1) is 11.8 Å². The molecule has 5 rings (SSSR count). The summed E-state index contributed by atoms with van der Waals surface area (Å²) in [5.41, 5.74) is 7.38. The van der Waals surface area contributed by atoms with E-state index in [1.807, 2.05) is 12.1 Å². The molecule has 10 heteroatoms. The standard InChI is InChI=1S/C24H26N8O2/c1-3-4-13-31-20-21(28-23(31)30-12-6-7-16(25)14-30)29(2)24(34)32(22(20)33)15-19-17-8-5-10-26-18(17)9-11-27-19/h5,8-11,16H,6-7,12-15,25H2,1-2H3.